The number of nitrogens with zero attached hydrogens (tertiary/aromatic N) is 1. The van der Waals surface area contributed by atoms with Gasteiger partial charge < -0.3 is 11.1 Å². The van der Waals surface area contributed by atoms with Gasteiger partial charge in [0.25, 0.3) is 0 Å². The maximum absolute atomic E-state index is 12.1. The van der Waals surface area contributed by atoms with E-state index in [-0.39, 0.29) is 11.2 Å². The Labute approximate surface area is 126 Å². The lowest BCUT2D eigenvalue weighted by Gasteiger charge is -2.12. The van der Waals surface area contributed by atoms with Gasteiger partial charge in [0, 0.05) is 0 Å². The molecule has 1 atom stereocenters. The van der Waals surface area contributed by atoms with Crippen LogP contribution in [0.4, 0.5) is 11.4 Å². The van der Waals surface area contributed by atoms with Crippen LogP contribution in [0.5, 0.6) is 0 Å². The summed E-state index contributed by atoms with van der Waals surface area (Å²) in [4.78, 5) is 16.3. The molecule has 1 unspecified atom stereocenters. The molecular formula is C14H14ClN3OS. The van der Waals surface area contributed by atoms with Gasteiger partial charge in [0.05, 0.1) is 32.9 Å². The van der Waals surface area contributed by atoms with Crippen LogP contribution in [0.2, 0.25) is 5.02 Å². The molecule has 1 amide bonds. The number of rotatable bonds is 4. The highest BCUT2D eigenvalue weighted by atomic mass is 35.5. The number of para-hydroxylation sites is 1. The first-order valence-corrected chi connectivity index (χ1v) is 7.25. The molecule has 0 aliphatic carbocycles. The maximum atomic E-state index is 12.1. The van der Waals surface area contributed by atoms with Crippen molar-refractivity contribution in [3.8, 4) is 0 Å². The summed E-state index contributed by atoms with van der Waals surface area (Å²) in [5, 5.41) is 3.78. The number of nitrogen functional groups attached to an aromatic ring is 1. The average molecular weight is 308 g/mol. The van der Waals surface area contributed by atoms with E-state index in [0.29, 0.717) is 16.4 Å². The third kappa shape index (κ3) is 3.88. The van der Waals surface area contributed by atoms with Gasteiger partial charge in [0.15, 0.2) is 0 Å². The number of aromatic nitrogens is 1. The van der Waals surface area contributed by atoms with Crippen molar-refractivity contribution in [2.75, 3.05) is 11.1 Å². The third-order valence-electron chi connectivity index (χ3n) is 2.56. The average Bonchev–Trinajstić information content (AvgIpc) is 2.44. The number of carbonyl (C=O) groups is 1. The van der Waals surface area contributed by atoms with Crippen LogP contribution in [0.15, 0.2) is 47.6 Å². The molecule has 6 heteroatoms. The van der Waals surface area contributed by atoms with Crippen LogP contribution >= 0.6 is 23.4 Å². The Morgan fingerprint density at radius 1 is 1.35 bits per heavy atom. The molecule has 104 valence electrons. The summed E-state index contributed by atoms with van der Waals surface area (Å²) in [6.45, 7) is 1.81. The van der Waals surface area contributed by atoms with E-state index in [1.165, 1.54) is 11.8 Å². The van der Waals surface area contributed by atoms with Crippen LogP contribution < -0.4 is 11.1 Å². The van der Waals surface area contributed by atoms with Crippen molar-refractivity contribution in [1.29, 1.82) is 0 Å². The quantitative estimate of drug-likeness (QED) is 0.849. The van der Waals surface area contributed by atoms with Crippen molar-refractivity contribution >= 4 is 40.6 Å². The molecule has 3 N–H and O–H groups in total. The van der Waals surface area contributed by atoms with E-state index >= 15 is 0 Å². The van der Waals surface area contributed by atoms with E-state index in [4.69, 9.17) is 17.3 Å². The Morgan fingerprint density at radius 2 is 2.10 bits per heavy atom. The number of amides is 1. The summed E-state index contributed by atoms with van der Waals surface area (Å²) in [7, 11) is 0. The van der Waals surface area contributed by atoms with Crippen molar-refractivity contribution in [2.45, 2.75) is 17.2 Å². The van der Waals surface area contributed by atoms with Crippen molar-refractivity contribution in [3.05, 3.63) is 47.6 Å². The summed E-state index contributed by atoms with van der Waals surface area (Å²) < 4.78 is 0. The van der Waals surface area contributed by atoms with Gasteiger partial charge >= 0.3 is 0 Å². The Hall–Kier alpha value is -1.72. The molecule has 2 aromatic rings. The Kier molecular flexibility index (Phi) is 4.87. The fraction of sp³-hybridized carbons (Fsp3) is 0.143. The van der Waals surface area contributed by atoms with Crippen LogP contribution in [-0.2, 0) is 4.79 Å². The highest BCUT2D eigenvalue weighted by Crippen LogP contribution is 2.25. The summed E-state index contributed by atoms with van der Waals surface area (Å²) in [6, 6.07) is 10.7. The fourth-order valence-corrected chi connectivity index (χ4v) is 2.46. The largest absolute Gasteiger partial charge is 0.397 e. The summed E-state index contributed by atoms with van der Waals surface area (Å²) >= 11 is 7.37. The minimum absolute atomic E-state index is 0.123. The molecule has 0 spiro atoms. The molecule has 0 saturated heterocycles. The number of hydrogen-bond acceptors (Lipinski definition) is 4. The molecule has 0 saturated carbocycles. The monoisotopic (exact) mass is 307 g/mol. The van der Waals surface area contributed by atoms with E-state index in [2.05, 4.69) is 10.3 Å². The zero-order valence-corrected chi connectivity index (χ0v) is 12.4. The lowest BCUT2D eigenvalue weighted by molar-refractivity contribution is -0.115. The lowest BCUT2D eigenvalue weighted by atomic mass is 10.3. The predicted molar refractivity (Wildman–Crippen MR) is 84.1 cm³/mol. The standard InChI is InChI=1S/C14H14ClN3OS/c1-9(20-13-7-6-10(16)8-17-13)14(19)18-12-5-3-2-4-11(12)15/h2-9H,16H2,1H3,(H,18,19). The maximum Gasteiger partial charge on any atom is 0.237 e. The van der Waals surface area contributed by atoms with E-state index < -0.39 is 0 Å². The number of halogens is 1. The summed E-state index contributed by atoms with van der Waals surface area (Å²) in [6.07, 6.45) is 1.57. The van der Waals surface area contributed by atoms with Crippen molar-refractivity contribution in [2.24, 2.45) is 0 Å². The molecule has 2 rings (SSSR count). The topological polar surface area (TPSA) is 68.0 Å². The second-order valence-corrected chi connectivity index (χ2v) is 5.93. The van der Waals surface area contributed by atoms with Gasteiger partial charge in [0.1, 0.15) is 0 Å². The SMILES string of the molecule is CC(Sc1ccc(N)cn1)C(=O)Nc1ccccc1Cl. The molecule has 0 fully saturated rings. The molecular weight excluding hydrogens is 294 g/mol. The minimum atomic E-state index is -0.289. The van der Waals surface area contributed by atoms with E-state index in [1.54, 1.807) is 30.5 Å². The van der Waals surface area contributed by atoms with Gasteiger partial charge in [-0.25, -0.2) is 4.98 Å². The smallest absolute Gasteiger partial charge is 0.237 e. The molecule has 1 heterocycles. The first-order valence-electron chi connectivity index (χ1n) is 6.00. The summed E-state index contributed by atoms with van der Waals surface area (Å²) in [5.41, 5.74) is 6.78. The van der Waals surface area contributed by atoms with Gasteiger partial charge in [-0.1, -0.05) is 35.5 Å². The third-order valence-corrected chi connectivity index (χ3v) is 3.94. The second kappa shape index (κ2) is 6.63. The van der Waals surface area contributed by atoms with Crippen LogP contribution in [0.25, 0.3) is 0 Å². The zero-order chi connectivity index (χ0) is 14.5. The number of thioether (sulfide) groups is 1. The minimum Gasteiger partial charge on any atom is -0.397 e. The Balaban J connectivity index is 1.99. The van der Waals surface area contributed by atoms with Gasteiger partial charge in [-0.05, 0) is 31.2 Å². The molecule has 0 bridgehead atoms. The number of nitrogens with one attached hydrogen (secondary N) is 1. The van der Waals surface area contributed by atoms with Crippen molar-refractivity contribution in [3.63, 3.8) is 0 Å². The van der Waals surface area contributed by atoms with Crippen LogP contribution in [0.3, 0.4) is 0 Å². The molecule has 4 nitrogen and oxygen atoms in total. The summed E-state index contributed by atoms with van der Waals surface area (Å²) in [5.74, 6) is -0.123. The first-order chi connectivity index (χ1) is 9.56. The molecule has 0 radical (unpaired) electrons. The number of pyridine rings is 1. The molecule has 20 heavy (non-hydrogen) atoms. The molecule has 1 aromatic carbocycles. The zero-order valence-electron chi connectivity index (χ0n) is 10.8. The first kappa shape index (κ1) is 14.7. The fourth-order valence-electron chi connectivity index (χ4n) is 1.49. The van der Waals surface area contributed by atoms with Gasteiger partial charge in [-0.2, -0.15) is 0 Å². The van der Waals surface area contributed by atoms with Gasteiger partial charge in [-0.15, -0.1) is 0 Å². The van der Waals surface area contributed by atoms with E-state index in [1.807, 2.05) is 19.1 Å². The molecule has 1 aromatic heterocycles. The number of benzene rings is 1. The van der Waals surface area contributed by atoms with Crippen LogP contribution in [0, 0.1) is 0 Å². The number of nitrogens with two attached hydrogens (primary N) is 1. The van der Waals surface area contributed by atoms with Crippen molar-refractivity contribution in [1.82, 2.24) is 4.98 Å². The highest BCUT2D eigenvalue weighted by Gasteiger charge is 2.16. The number of carbonyl (C=O) groups excluding carboxylic acids is 1. The predicted octanol–water partition coefficient (Wildman–Crippen LogP) is 3.44. The van der Waals surface area contributed by atoms with Crippen LogP contribution in [-0.4, -0.2) is 16.1 Å². The van der Waals surface area contributed by atoms with Crippen molar-refractivity contribution < 1.29 is 4.79 Å². The highest BCUT2D eigenvalue weighted by molar-refractivity contribution is 8.00. The van der Waals surface area contributed by atoms with Crippen LogP contribution in [0.1, 0.15) is 6.92 Å². The molecule has 0 aliphatic heterocycles. The second-order valence-electron chi connectivity index (χ2n) is 4.16. The van der Waals surface area contributed by atoms with Gasteiger partial charge in [0.2, 0.25) is 5.91 Å². The number of anilines is 2. The normalized spacial score (nSPS) is 11.9. The molecule has 0 aliphatic rings. The number of hydrogen-bond donors (Lipinski definition) is 2. The Bertz CT molecular complexity index is 604. The van der Waals surface area contributed by atoms with E-state index in [0.717, 1.165) is 5.03 Å². The van der Waals surface area contributed by atoms with E-state index in [9.17, 15) is 4.79 Å². The van der Waals surface area contributed by atoms with Gasteiger partial charge in [-0.3, -0.25) is 4.79 Å². The Morgan fingerprint density at radius 3 is 2.75 bits per heavy atom. The lowest BCUT2D eigenvalue weighted by Crippen LogP contribution is -2.22.